The molecular weight excluding hydrogens is 234 g/mol. The quantitative estimate of drug-likeness (QED) is 0.692. The van der Waals surface area contributed by atoms with E-state index in [0.717, 1.165) is 25.7 Å². The van der Waals surface area contributed by atoms with E-state index in [1.807, 2.05) is 0 Å². The number of ketones is 1. The standard InChI is InChI=1S/C8H17N.C8H14O.CH4/c2*1-8(2)5-3-7(9)4-6-8;/h7H,3-6,9H2,1-2H3;3-6H2,1-2H3;1H4. The Bertz CT molecular complexity index is 259. The molecule has 2 nitrogen and oxygen atoms in total. The summed E-state index contributed by atoms with van der Waals surface area (Å²) in [6.07, 6.45) is 8.89. The van der Waals surface area contributed by atoms with E-state index in [1.54, 1.807) is 0 Å². The van der Waals surface area contributed by atoms with Crippen LogP contribution in [0.1, 0.15) is 86.5 Å². The molecule has 2 N–H and O–H groups in total. The molecule has 0 saturated heterocycles. The van der Waals surface area contributed by atoms with Crippen molar-refractivity contribution in [2.75, 3.05) is 0 Å². The van der Waals surface area contributed by atoms with Gasteiger partial charge in [-0.15, -0.1) is 0 Å². The summed E-state index contributed by atoms with van der Waals surface area (Å²) in [6, 6.07) is 0.498. The van der Waals surface area contributed by atoms with Crippen LogP contribution in [0.2, 0.25) is 0 Å². The summed E-state index contributed by atoms with van der Waals surface area (Å²) < 4.78 is 0. The zero-order chi connectivity index (χ0) is 13.8. The Kier molecular flexibility index (Phi) is 7.28. The molecule has 2 saturated carbocycles. The van der Waals surface area contributed by atoms with Crippen molar-refractivity contribution in [1.82, 2.24) is 0 Å². The van der Waals surface area contributed by atoms with Crippen LogP contribution in [0, 0.1) is 10.8 Å². The summed E-state index contributed by atoms with van der Waals surface area (Å²) in [5.41, 5.74) is 6.77. The maximum absolute atomic E-state index is 10.8. The van der Waals surface area contributed by atoms with Crippen LogP contribution in [0.4, 0.5) is 0 Å². The van der Waals surface area contributed by atoms with Gasteiger partial charge in [-0.2, -0.15) is 0 Å². The van der Waals surface area contributed by atoms with E-state index >= 15 is 0 Å². The van der Waals surface area contributed by atoms with E-state index in [1.165, 1.54) is 25.7 Å². The Morgan fingerprint density at radius 3 is 1.58 bits per heavy atom. The summed E-state index contributed by atoms with van der Waals surface area (Å²) in [6.45, 7) is 9.14. The van der Waals surface area contributed by atoms with Crippen molar-refractivity contribution < 1.29 is 4.79 Å². The fourth-order valence-corrected chi connectivity index (χ4v) is 2.63. The SMILES string of the molecule is C.CC1(C)CCC(=O)CC1.CC1(C)CCC(N)CC1. The van der Waals surface area contributed by atoms with Crippen LogP contribution >= 0.6 is 0 Å². The maximum atomic E-state index is 10.8. The van der Waals surface area contributed by atoms with Crippen molar-refractivity contribution in [1.29, 1.82) is 0 Å². The molecule has 0 radical (unpaired) electrons. The third-order valence-electron chi connectivity index (χ3n) is 4.55. The molecule has 0 unspecified atom stereocenters. The van der Waals surface area contributed by atoms with Crippen molar-refractivity contribution in [2.45, 2.75) is 92.5 Å². The number of nitrogens with two attached hydrogens (primary N) is 1. The molecule has 0 heterocycles. The van der Waals surface area contributed by atoms with Gasteiger partial charge in [0.05, 0.1) is 0 Å². The Balaban J connectivity index is 0.000000324. The fraction of sp³-hybridized carbons (Fsp3) is 0.941. The molecule has 0 atom stereocenters. The normalized spacial score (nSPS) is 25.8. The molecule has 0 amide bonds. The number of carbonyl (C=O) groups is 1. The number of hydrogen-bond acceptors (Lipinski definition) is 2. The molecular formula is C17H35NO. The van der Waals surface area contributed by atoms with Crippen LogP contribution in [0.15, 0.2) is 0 Å². The molecule has 0 aliphatic heterocycles. The lowest BCUT2D eigenvalue weighted by Crippen LogP contribution is -2.30. The maximum Gasteiger partial charge on any atom is 0.132 e. The first-order valence-corrected chi connectivity index (χ1v) is 7.48. The average Bonchev–Trinajstić information content (AvgIpc) is 2.28. The summed E-state index contributed by atoms with van der Waals surface area (Å²) in [5, 5.41) is 0. The minimum atomic E-state index is 0. The van der Waals surface area contributed by atoms with Crippen molar-refractivity contribution in [3.8, 4) is 0 Å². The van der Waals surface area contributed by atoms with Gasteiger partial charge in [0, 0.05) is 18.9 Å². The zero-order valence-corrected chi connectivity index (χ0v) is 12.7. The number of rotatable bonds is 0. The summed E-state index contributed by atoms with van der Waals surface area (Å²) in [7, 11) is 0. The van der Waals surface area contributed by atoms with Gasteiger partial charge in [0.1, 0.15) is 5.78 Å². The molecule has 0 bridgehead atoms. The monoisotopic (exact) mass is 269 g/mol. The first kappa shape index (κ1) is 18.6. The second-order valence-corrected chi connectivity index (χ2v) is 7.70. The summed E-state index contributed by atoms with van der Waals surface area (Å²) in [4.78, 5) is 10.8. The highest BCUT2D eigenvalue weighted by molar-refractivity contribution is 5.79. The van der Waals surface area contributed by atoms with Gasteiger partial charge in [-0.25, -0.2) is 0 Å². The highest BCUT2D eigenvalue weighted by atomic mass is 16.1. The highest BCUT2D eigenvalue weighted by Crippen LogP contribution is 2.34. The third kappa shape index (κ3) is 7.71. The summed E-state index contributed by atoms with van der Waals surface area (Å²) >= 11 is 0. The minimum Gasteiger partial charge on any atom is -0.328 e. The molecule has 2 rings (SSSR count). The Labute approximate surface area is 120 Å². The van der Waals surface area contributed by atoms with Crippen molar-refractivity contribution in [3.63, 3.8) is 0 Å². The van der Waals surface area contributed by atoms with Gasteiger partial charge in [-0.3, -0.25) is 4.79 Å². The van der Waals surface area contributed by atoms with Gasteiger partial charge in [0.25, 0.3) is 0 Å². The largest absolute Gasteiger partial charge is 0.328 e. The minimum absolute atomic E-state index is 0. The second kappa shape index (κ2) is 7.42. The topological polar surface area (TPSA) is 43.1 Å². The van der Waals surface area contributed by atoms with E-state index in [0.29, 0.717) is 22.7 Å². The van der Waals surface area contributed by atoms with Crippen LogP contribution in [0.5, 0.6) is 0 Å². The number of Topliss-reactive ketones (excluding diaryl/α,β-unsaturated/α-hetero) is 1. The number of carbonyl (C=O) groups excluding carboxylic acids is 1. The first-order chi connectivity index (χ1) is 8.20. The van der Waals surface area contributed by atoms with Crippen LogP contribution in [-0.4, -0.2) is 11.8 Å². The van der Waals surface area contributed by atoms with Gasteiger partial charge < -0.3 is 5.73 Å². The lowest BCUT2D eigenvalue weighted by atomic mass is 9.76. The molecule has 0 spiro atoms. The lowest BCUT2D eigenvalue weighted by molar-refractivity contribution is -0.121. The summed E-state index contributed by atoms with van der Waals surface area (Å²) in [5.74, 6) is 0.453. The molecule has 0 aromatic heterocycles. The highest BCUT2D eigenvalue weighted by Gasteiger charge is 2.25. The average molecular weight is 269 g/mol. The lowest BCUT2D eigenvalue weighted by Gasteiger charge is -2.32. The van der Waals surface area contributed by atoms with Crippen molar-refractivity contribution in [2.24, 2.45) is 16.6 Å². The van der Waals surface area contributed by atoms with E-state index < -0.39 is 0 Å². The van der Waals surface area contributed by atoms with Crippen LogP contribution < -0.4 is 5.73 Å². The predicted molar refractivity (Wildman–Crippen MR) is 84.2 cm³/mol. The fourth-order valence-electron chi connectivity index (χ4n) is 2.63. The van der Waals surface area contributed by atoms with Crippen molar-refractivity contribution >= 4 is 5.78 Å². The smallest absolute Gasteiger partial charge is 0.132 e. The molecule has 2 fully saturated rings. The van der Waals surface area contributed by atoms with Gasteiger partial charge in [-0.05, 0) is 49.4 Å². The zero-order valence-electron chi connectivity index (χ0n) is 12.7. The molecule has 114 valence electrons. The van der Waals surface area contributed by atoms with Crippen LogP contribution in [0.25, 0.3) is 0 Å². The van der Waals surface area contributed by atoms with Crippen LogP contribution in [0.3, 0.4) is 0 Å². The molecule has 2 aliphatic carbocycles. The second-order valence-electron chi connectivity index (χ2n) is 7.70. The molecule has 0 aromatic carbocycles. The Hall–Kier alpha value is -0.370. The van der Waals surface area contributed by atoms with Gasteiger partial charge in [0.2, 0.25) is 0 Å². The molecule has 2 aliphatic rings. The Morgan fingerprint density at radius 2 is 1.26 bits per heavy atom. The van der Waals surface area contributed by atoms with E-state index in [2.05, 4.69) is 27.7 Å². The van der Waals surface area contributed by atoms with Crippen LogP contribution in [-0.2, 0) is 4.79 Å². The van der Waals surface area contributed by atoms with Crippen molar-refractivity contribution in [3.05, 3.63) is 0 Å². The van der Waals surface area contributed by atoms with E-state index in [9.17, 15) is 4.79 Å². The predicted octanol–water partition coefficient (Wildman–Crippen LogP) is 4.71. The number of hydrogen-bond donors (Lipinski definition) is 1. The molecule has 19 heavy (non-hydrogen) atoms. The van der Waals surface area contributed by atoms with Gasteiger partial charge in [-0.1, -0.05) is 35.1 Å². The van der Waals surface area contributed by atoms with Gasteiger partial charge in [0.15, 0.2) is 0 Å². The Morgan fingerprint density at radius 1 is 0.895 bits per heavy atom. The third-order valence-corrected chi connectivity index (χ3v) is 4.55. The first-order valence-electron chi connectivity index (χ1n) is 7.48. The molecule has 2 heteroatoms. The van der Waals surface area contributed by atoms with E-state index in [4.69, 9.17) is 5.73 Å². The van der Waals surface area contributed by atoms with E-state index in [-0.39, 0.29) is 7.43 Å². The van der Waals surface area contributed by atoms with Gasteiger partial charge >= 0.3 is 0 Å². The molecule has 0 aromatic rings.